The van der Waals surface area contributed by atoms with E-state index in [1.165, 1.54) is 18.5 Å². The van der Waals surface area contributed by atoms with Crippen LogP contribution in [-0.4, -0.2) is 49.5 Å². The molecule has 7 heteroatoms. The second kappa shape index (κ2) is 6.40. The van der Waals surface area contributed by atoms with Crippen LogP contribution in [0.3, 0.4) is 0 Å². The third kappa shape index (κ3) is 3.03. The zero-order chi connectivity index (χ0) is 21.3. The molecule has 2 aromatic carbocycles. The number of anilines is 1. The number of phenolic OH excluding ortho intramolecular Hbond substituents is 1. The van der Waals surface area contributed by atoms with Crippen molar-refractivity contribution < 1.29 is 5.11 Å². The number of rotatable bonds is 2. The van der Waals surface area contributed by atoms with Gasteiger partial charge in [0, 0.05) is 66.1 Å². The Kier molecular flexibility index (Phi) is 3.84. The predicted octanol–water partition coefficient (Wildman–Crippen LogP) is 3.53. The van der Waals surface area contributed by atoms with Crippen molar-refractivity contribution in [3.63, 3.8) is 0 Å². The number of aromatic hydroxyl groups is 1. The molecule has 0 bridgehead atoms. The van der Waals surface area contributed by atoms with Crippen molar-refractivity contribution in [3.05, 3.63) is 42.2 Å². The van der Waals surface area contributed by atoms with Crippen LogP contribution in [0, 0.1) is 6.92 Å². The molecule has 2 aromatic heterocycles. The highest BCUT2D eigenvalue weighted by molar-refractivity contribution is 5.91. The number of piperazine rings is 1. The average molecular weight is 415 g/mol. The lowest BCUT2D eigenvalue weighted by molar-refractivity contribution is 0.372. The summed E-state index contributed by atoms with van der Waals surface area (Å²) in [6.45, 7) is 6.20. The van der Waals surface area contributed by atoms with Gasteiger partial charge in [0.15, 0.2) is 5.82 Å². The van der Waals surface area contributed by atoms with Gasteiger partial charge < -0.3 is 15.3 Å². The fraction of sp³-hybridized carbons (Fsp3) is 0.375. The van der Waals surface area contributed by atoms with E-state index < -0.39 is 0 Å². The van der Waals surface area contributed by atoms with Gasteiger partial charge in [0.05, 0.1) is 16.6 Å². The Balaban J connectivity index is 1.38. The van der Waals surface area contributed by atoms with Gasteiger partial charge in [-0.2, -0.15) is 5.10 Å². The lowest BCUT2D eigenvalue weighted by Gasteiger charge is -2.39. The van der Waals surface area contributed by atoms with E-state index in [-0.39, 0.29) is 5.75 Å². The minimum absolute atomic E-state index is 0.187. The van der Waals surface area contributed by atoms with E-state index in [0.29, 0.717) is 23.0 Å². The van der Waals surface area contributed by atoms with Crippen molar-refractivity contribution in [2.45, 2.75) is 38.3 Å². The molecular weight excluding hydrogens is 388 g/mol. The van der Waals surface area contributed by atoms with Crippen molar-refractivity contribution in [1.82, 2.24) is 25.1 Å². The number of phenols is 1. The van der Waals surface area contributed by atoms with Crippen LogP contribution in [0.4, 0.5) is 5.69 Å². The van der Waals surface area contributed by atoms with Crippen LogP contribution in [0.15, 0.2) is 36.7 Å². The van der Waals surface area contributed by atoms with Crippen molar-refractivity contribution in [2.75, 3.05) is 18.0 Å². The number of nitrogens with one attached hydrogen (secondary N) is 1. The summed E-state index contributed by atoms with van der Waals surface area (Å²) in [5, 5.41) is 21.0. The molecule has 3 heterocycles. The highest BCUT2D eigenvalue weighted by Gasteiger charge is 2.47. The van der Waals surface area contributed by atoms with E-state index in [1.807, 2.05) is 32.4 Å². The van der Waals surface area contributed by atoms with Crippen LogP contribution in [0.1, 0.15) is 25.3 Å². The maximum atomic E-state index is 10.8. The van der Waals surface area contributed by atoms with Crippen molar-refractivity contribution in [2.24, 2.45) is 7.05 Å². The second-order valence-corrected chi connectivity index (χ2v) is 9.28. The Bertz CT molecular complexity index is 1340. The number of fused-ring (bicyclic) bond motifs is 2. The molecule has 0 unspecified atom stereocenters. The number of aromatic nitrogens is 4. The minimum atomic E-state index is 0.187. The van der Waals surface area contributed by atoms with Crippen LogP contribution in [-0.2, 0) is 7.05 Å². The molecule has 1 atom stereocenters. The molecule has 0 amide bonds. The number of nitrogens with zero attached hydrogens (tertiary/aromatic N) is 5. The summed E-state index contributed by atoms with van der Waals surface area (Å²) >= 11 is 0. The second-order valence-electron chi connectivity index (χ2n) is 9.28. The van der Waals surface area contributed by atoms with Crippen molar-refractivity contribution in [1.29, 1.82) is 0 Å². The Morgan fingerprint density at radius 2 is 2.03 bits per heavy atom. The van der Waals surface area contributed by atoms with Gasteiger partial charge in [-0.05, 0) is 51.0 Å². The first-order valence-electron chi connectivity index (χ1n) is 10.9. The molecule has 6 rings (SSSR count). The van der Waals surface area contributed by atoms with Crippen LogP contribution in [0.5, 0.6) is 5.75 Å². The van der Waals surface area contributed by atoms with Gasteiger partial charge in [-0.25, -0.2) is 9.97 Å². The lowest BCUT2D eigenvalue weighted by Crippen LogP contribution is -2.57. The number of hydrogen-bond acceptors (Lipinski definition) is 6. The van der Waals surface area contributed by atoms with Crippen molar-refractivity contribution >= 4 is 27.5 Å². The summed E-state index contributed by atoms with van der Waals surface area (Å²) in [7, 11) is 1.88. The first-order chi connectivity index (χ1) is 14.9. The third-order valence-corrected chi connectivity index (χ3v) is 6.69. The van der Waals surface area contributed by atoms with Gasteiger partial charge in [-0.3, -0.25) is 4.68 Å². The van der Waals surface area contributed by atoms with E-state index >= 15 is 0 Å². The van der Waals surface area contributed by atoms with E-state index in [4.69, 9.17) is 4.98 Å². The summed E-state index contributed by atoms with van der Waals surface area (Å²) in [4.78, 5) is 11.9. The number of hydrogen-bond donors (Lipinski definition) is 2. The highest BCUT2D eigenvalue weighted by Crippen LogP contribution is 2.40. The average Bonchev–Trinajstić information content (AvgIpc) is 3.37. The third-order valence-electron chi connectivity index (χ3n) is 6.69. The predicted molar refractivity (Wildman–Crippen MR) is 122 cm³/mol. The Labute approximate surface area is 180 Å². The molecule has 1 aliphatic carbocycles. The van der Waals surface area contributed by atoms with Gasteiger partial charge >= 0.3 is 0 Å². The molecule has 2 aliphatic rings. The summed E-state index contributed by atoms with van der Waals surface area (Å²) in [6.07, 6.45) is 6.33. The normalized spacial score (nSPS) is 20.1. The molecule has 4 aromatic rings. The lowest BCUT2D eigenvalue weighted by atomic mass is 10.0. The molecule has 1 saturated heterocycles. The van der Waals surface area contributed by atoms with Gasteiger partial charge in [0.2, 0.25) is 0 Å². The molecule has 1 saturated carbocycles. The molecule has 158 valence electrons. The number of aryl methyl sites for hydroxylation is 2. The van der Waals surface area contributed by atoms with Gasteiger partial charge in [0.25, 0.3) is 0 Å². The Morgan fingerprint density at radius 3 is 2.84 bits per heavy atom. The summed E-state index contributed by atoms with van der Waals surface area (Å²) in [5.74, 6) is 0.714. The topological polar surface area (TPSA) is 79.1 Å². The molecule has 2 N–H and O–H groups in total. The standard InChI is InChI=1S/C24H26N6O/c1-14-11-30(13-24(27-14)6-7-24)18-4-5-20-16(8-18)10-25-23(26-20)19-9-17-12-29(3)28-21(17)15(2)22(19)31/h4-5,8-10,12,14,27,31H,6-7,11,13H2,1-3H3/t14-/m0/s1. The van der Waals surface area contributed by atoms with Crippen LogP contribution < -0.4 is 10.2 Å². The molecule has 31 heavy (non-hydrogen) atoms. The maximum Gasteiger partial charge on any atom is 0.163 e. The quantitative estimate of drug-likeness (QED) is 0.522. The van der Waals surface area contributed by atoms with Crippen LogP contribution in [0.2, 0.25) is 0 Å². The molecule has 0 radical (unpaired) electrons. The molecule has 7 nitrogen and oxygen atoms in total. The van der Waals surface area contributed by atoms with Gasteiger partial charge in [0.1, 0.15) is 5.75 Å². The molecule has 1 spiro atoms. The van der Waals surface area contributed by atoms with Gasteiger partial charge in [-0.15, -0.1) is 0 Å². The van der Waals surface area contributed by atoms with Crippen LogP contribution >= 0.6 is 0 Å². The molecule has 2 fully saturated rings. The first kappa shape index (κ1) is 18.6. The fourth-order valence-electron chi connectivity index (χ4n) is 4.98. The minimum Gasteiger partial charge on any atom is -0.507 e. The summed E-state index contributed by atoms with van der Waals surface area (Å²) in [5.41, 5.74) is 4.59. The maximum absolute atomic E-state index is 10.8. The fourth-order valence-corrected chi connectivity index (χ4v) is 4.98. The van der Waals surface area contributed by atoms with E-state index in [0.717, 1.165) is 40.5 Å². The highest BCUT2D eigenvalue weighted by atomic mass is 16.3. The largest absolute Gasteiger partial charge is 0.507 e. The first-order valence-corrected chi connectivity index (χ1v) is 10.9. The van der Waals surface area contributed by atoms with Crippen molar-refractivity contribution in [3.8, 4) is 17.1 Å². The zero-order valence-corrected chi connectivity index (χ0v) is 18.1. The monoisotopic (exact) mass is 414 g/mol. The van der Waals surface area contributed by atoms with E-state index in [1.54, 1.807) is 4.68 Å². The smallest absolute Gasteiger partial charge is 0.163 e. The van der Waals surface area contributed by atoms with E-state index in [2.05, 4.69) is 45.4 Å². The van der Waals surface area contributed by atoms with Crippen LogP contribution in [0.25, 0.3) is 33.2 Å². The Hall–Kier alpha value is -3.19. The summed E-state index contributed by atoms with van der Waals surface area (Å²) in [6, 6.07) is 8.80. The Morgan fingerprint density at radius 1 is 1.19 bits per heavy atom. The van der Waals surface area contributed by atoms with E-state index in [9.17, 15) is 5.11 Å². The summed E-state index contributed by atoms with van der Waals surface area (Å²) < 4.78 is 1.76. The zero-order valence-electron chi connectivity index (χ0n) is 18.1. The van der Waals surface area contributed by atoms with Gasteiger partial charge in [-0.1, -0.05) is 0 Å². The SMILES string of the molecule is Cc1c(O)c(-c2ncc3cc(N4C[C@H](C)NC5(CC5)C4)ccc3n2)cc2cn(C)nc12. The molecular formula is C24H26N6O. The molecule has 1 aliphatic heterocycles. The number of benzene rings is 2.